The molecule has 2 aromatic carbocycles. The van der Waals surface area contributed by atoms with Crippen molar-refractivity contribution in [3.05, 3.63) is 78.8 Å². The predicted molar refractivity (Wildman–Crippen MR) is 169 cm³/mol. The molecule has 3 aromatic heterocycles. The lowest BCUT2D eigenvalue weighted by atomic mass is 10.1. The van der Waals surface area contributed by atoms with Crippen LogP contribution in [-0.2, 0) is 4.79 Å². The molecule has 11 nitrogen and oxygen atoms in total. The minimum absolute atomic E-state index is 0.0396. The number of nitrogens with zero attached hydrogens (tertiary/aromatic N) is 8. The van der Waals surface area contributed by atoms with Gasteiger partial charge in [-0.1, -0.05) is 18.2 Å². The number of carbonyl (C=O) groups is 1. The van der Waals surface area contributed by atoms with E-state index >= 15 is 0 Å². The molecule has 5 aromatic rings. The first-order valence-corrected chi connectivity index (χ1v) is 14.8. The molecule has 0 radical (unpaired) electrons. The second-order valence-corrected chi connectivity index (χ2v) is 11.5. The third-order valence-electron chi connectivity index (χ3n) is 8.53. The van der Waals surface area contributed by atoms with Crippen molar-refractivity contribution in [1.82, 2.24) is 29.6 Å². The highest BCUT2D eigenvalue weighted by atomic mass is 19.1. The van der Waals surface area contributed by atoms with Gasteiger partial charge in [0, 0.05) is 51.4 Å². The summed E-state index contributed by atoms with van der Waals surface area (Å²) in [4.78, 5) is 33.8. The topological polar surface area (TPSA) is 121 Å². The lowest BCUT2D eigenvalue weighted by molar-refractivity contribution is -0.131. The number of halogens is 2. The van der Waals surface area contributed by atoms with Gasteiger partial charge >= 0.3 is 0 Å². The number of anilines is 4. The Morgan fingerprint density at radius 2 is 1.82 bits per heavy atom. The summed E-state index contributed by atoms with van der Waals surface area (Å²) in [6.45, 7) is 1.67. The highest BCUT2D eigenvalue weighted by Crippen LogP contribution is 2.36. The third-order valence-corrected chi connectivity index (χ3v) is 8.53. The number of nitrogen functional groups attached to an aromatic ring is 1. The Balaban J connectivity index is 1.28. The van der Waals surface area contributed by atoms with Crippen molar-refractivity contribution in [2.24, 2.45) is 0 Å². The maximum absolute atomic E-state index is 14.7. The average molecular weight is 611 g/mol. The number of aromatic nitrogens is 5. The summed E-state index contributed by atoms with van der Waals surface area (Å²) >= 11 is 0. The fraction of sp³-hybridized carbons (Fsp3) is 0.281. The van der Waals surface area contributed by atoms with Gasteiger partial charge in [-0.15, -0.1) is 0 Å². The molecule has 2 aliphatic heterocycles. The van der Waals surface area contributed by atoms with E-state index in [1.807, 2.05) is 55.4 Å². The Bertz CT molecular complexity index is 1910. The van der Waals surface area contributed by atoms with Crippen molar-refractivity contribution in [2.45, 2.75) is 24.9 Å². The maximum atomic E-state index is 14.7. The largest absolute Gasteiger partial charge is 0.397 e. The number of hydrogen-bond acceptors (Lipinski definition) is 9. The zero-order valence-electron chi connectivity index (χ0n) is 24.9. The first-order chi connectivity index (χ1) is 21.8. The van der Waals surface area contributed by atoms with Crippen molar-refractivity contribution in [3.63, 3.8) is 0 Å². The van der Waals surface area contributed by atoms with Crippen molar-refractivity contribution < 1.29 is 13.6 Å². The summed E-state index contributed by atoms with van der Waals surface area (Å²) in [7, 11) is 3.82. The van der Waals surface area contributed by atoms with Crippen molar-refractivity contribution in [1.29, 1.82) is 0 Å². The number of nitrogens with two attached hydrogens (primary N) is 1. The van der Waals surface area contributed by atoms with Crippen LogP contribution in [0.5, 0.6) is 0 Å². The zero-order chi connectivity index (χ0) is 31.2. The number of hydrogen-bond donors (Lipinski definition) is 2. The fourth-order valence-electron chi connectivity index (χ4n) is 6.39. The molecule has 1 saturated heterocycles. The molecule has 45 heavy (non-hydrogen) atoms. The van der Waals surface area contributed by atoms with E-state index in [4.69, 9.17) is 10.7 Å². The minimum Gasteiger partial charge on any atom is -0.397 e. The van der Waals surface area contributed by atoms with Crippen LogP contribution >= 0.6 is 0 Å². The van der Waals surface area contributed by atoms with Gasteiger partial charge in [0.2, 0.25) is 5.91 Å². The lowest BCUT2D eigenvalue weighted by Crippen LogP contribution is -2.45. The summed E-state index contributed by atoms with van der Waals surface area (Å²) < 4.78 is 29.7. The van der Waals surface area contributed by atoms with E-state index in [1.165, 1.54) is 23.1 Å². The van der Waals surface area contributed by atoms with Crippen LogP contribution < -0.4 is 20.9 Å². The molecule has 3 N–H and O–H groups in total. The van der Waals surface area contributed by atoms with Gasteiger partial charge in [-0.25, -0.2) is 28.4 Å². The summed E-state index contributed by atoms with van der Waals surface area (Å²) in [5.74, 6) is -0.301. The quantitative estimate of drug-likeness (QED) is 0.285. The third kappa shape index (κ3) is 5.13. The molecular weight excluding hydrogens is 578 g/mol. The van der Waals surface area contributed by atoms with Crippen LogP contribution in [0.2, 0.25) is 0 Å². The van der Waals surface area contributed by atoms with Crippen LogP contribution in [0, 0.1) is 11.6 Å². The van der Waals surface area contributed by atoms with Gasteiger partial charge in [0.25, 0.3) is 0 Å². The van der Waals surface area contributed by atoms with E-state index < -0.39 is 17.7 Å². The number of nitrogens with one attached hydrogen (secondary N) is 1. The van der Waals surface area contributed by atoms with E-state index in [-0.39, 0.29) is 17.6 Å². The van der Waals surface area contributed by atoms with Crippen LogP contribution in [0.25, 0.3) is 28.0 Å². The Morgan fingerprint density at radius 3 is 2.67 bits per heavy atom. The Morgan fingerprint density at radius 1 is 1.00 bits per heavy atom. The molecule has 13 heteroatoms. The number of para-hydroxylation sites is 1. The summed E-state index contributed by atoms with van der Waals surface area (Å²) in [5, 5.41) is 8.46. The van der Waals surface area contributed by atoms with Gasteiger partial charge < -0.3 is 25.8 Å². The molecule has 0 saturated carbocycles. The molecule has 4 bridgehead atoms. The first kappa shape index (κ1) is 28.4. The number of amides is 1. The van der Waals surface area contributed by atoms with Crippen LogP contribution in [0.1, 0.15) is 12.8 Å². The lowest BCUT2D eigenvalue weighted by Gasteiger charge is -2.30. The molecular formula is C32H32F2N10O. The summed E-state index contributed by atoms with van der Waals surface area (Å²) in [6, 6.07) is 14.3. The summed E-state index contributed by atoms with van der Waals surface area (Å²) in [6.07, 6.45) is 4.15. The van der Waals surface area contributed by atoms with Gasteiger partial charge in [0.15, 0.2) is 11.5 Å². The molecule has 0 unspecified atom stereocenters. The monoisotopic (exact) mass is 610 g/mol. The second-order valence-electron chi connectivity index (χ2n) is 11.5. The Labute approximate surface area is 258 Å². The normalized spacial score (nSPS) is 18.8. The van der Waals surface area contributed by atoms with E-state index in [9.17, 15) is 13.6 Å². The van der Waals surface area contributed by atoms with E-state index in [0.29, 0.717) is 54.4 Å². The fourth-order valence-corrected chi connectivity index (χ4v) is 6.39. The Hall–Kier alpha value is -5.33. The maximum Gasteiger partial charge on any atom is 0.245 e. The van der Waals surface area contributed by atoms with Crippen LogP contribution in [0.15, 0.2) is 67.1 Å². The number of rotatable bonds is 2. The molecule has 7 rings (SSSR count). The van der Waals surface area contributed by atoms with Gasteiger partial charge in [0.1, 0.15) is 35.5 Å². The first-order valence-electron chi connectivity index (χ1n) is 14.8. The standard InChI is InChI=1S/C32H32F2N10O/c1-41-12-5-13-42(2)32(45)27-15-20(39-28-9-4-8-25(40-28)21-6-3-7-24(35)29(21)41)17-43(27)30-22-16-38-44(31(22)37-18-36-30)26-11-10-19(33)14-23(26)34/h3-4,6-11,14,16,18,20,27H,5,12-13,15,17,35H2,1-2H3,(H,39,40)/t20-,27-/m0/s1. The van der Waals surface area contributed by atoms with Crippen LogP contribution in [-0.4, -0.2) is 81.4 Å². The zero-order valence-corrected chi connectivity index (χ0v) is 24.9. The molecule has 1 fully saturated rings. The molecule has 0 spiro atoms. The molecule has 5 heterocycles. The van der Waals surface area contributed by atoms with Gasteiger partial charge in [-0.05, 0) is 43.2 Å². The predicted octanol–water partition coefficient (Wildman–Crippen LogP) is 4.10. The number of benzene rings is 2. The number of carbonyl (C=O) groups excluding carboxylic acids is 1. The molecule has 0 aliphatic carbocycles. The van der Waals surface area contributed by atoms with Gasteiger partial charge in [-0.2, -0.15) is 5.10 Å². The Kier molecular flexibility index (Phi) is 7.15. The highest BCUT2D eigenvalue weighted by Gasteiger charge is 2.40. The highest BCUT2D eigenvalue weighted by molar-refractivity contribution is 5.93. The number of pyridine rings is 1. The van der Waals surface area contributed by atoms with E-state index in [2.05, 4.69) is 25.3 Å². The molecule has 2 aliphatic rings. The average Bonchev–Trinajstić information content (AvgIpc) is 3.65. The van der Waals surface area contributed by atoms with E-state index in [1.54, 1.807) is 11.1 Å². The minimum atomic E-state index is -0.765. The van der Waals surface area contributed by atoms with Gasteiger partial charge in [-0.3, -0.25) is 4.79 Å². The van der Waals surface area contributed by atoms with Crippen molar-refractivity contribution in [2.75, 3.05) is 54.6 Å². The second kappa shape index (κ2) is 11.3. The number of likely N-dealkylation sites (N-methyl/N-ethyl adjacent to an activating group) is 1. The molecule has 1 amide bonds. The van der Waals surface area contributed by atoms with Crippen molar-refractivity contribution in [3.8, 4) is 16.9 Å². The van der Waals surface area contributed by atoms with Crippen LogP contribution in [0.4, 0.5) is 31.8 Å². The SMILES string of the molecule is CN1CCCN(C)c2c(N)cccc2-c2cccc(n2)N[C@H]2C[C@@H](C1=O)N(c1ncnc3c1cnn3-c1ccc(F)cc1F)C2. The van der Waals surface area contributed by atoms with Gasteiger partial charge in [0.05, 0.1) is 28.7 Å². The number of fused-ring (bicyclic) bond motifs is 7. The van der Waals surface area contributed by atoms with Crippen LogP contribution in [0.3, 0.4) is 0 Å². The smallest absolute Gasteiger partial charge is 0.245 e. The molecule has 2 atom stereocenters. The van der Waals surface area contributed by atoms with Crippen molar-refractivity contribution >= 4 is 40.0 Å². The summed E-state index contributed by atoms with van der Waals surface area (Å²) in [5.41, 5.74) is 10.2. The van der Waals surface area contributed by atoms with E-state index in [0.717, 1.165) is 29.4 Å². The molecule has 230 valence electrons.